The molecule has 1 aliphatic rings. The smallest absolute Gasteiger partial charge is 0.326 e. The molecular weight excluding hydrogens is 294 g/mol. The summed E-state index contributed by atoms with van der Waals surface area (Å²) in [4.78, 5) is 25.1. The molecule has 1 N–H and O–H groups in total. The molecule has 0 aliphatic carbocycles. The van der Waals surface area contributed by atoms with Crippen molar-refractivity contribution in [2.75, 3.05) is 23.4 Å². The molecule has 0 aromatic heterocycles. The van der Waals surface area contributed by atoms with Crippen LogP contribution in [0.2, 0.25) is 0 Å². The van der Waals surface area contributed by atoms with Gasteiger partial charge in [0, 0.05) is 12.1 Å². The van der Waals surface area contributed by atoms with E-state index < -0.39 is 29.6 Å². The molecule has 1 aromatic rings. The van der Waals surface area contributed by atoms with E-state index in [1.807, 2.05) is 6.92 Å². The van der Waals surface area contributed by atoms with Crippen LogP contribution in [-0.4, -0.2) is 31.1 Å². The fourth-order valence-corrected chi connectivity index (χ4v) is 2.19. The molecule has 120 valence electrons. The maximum absolute atomic E-state index is 13.4. The highest BCUT2D eigenvalue weighted by molar-refractivity contribution is 6.07. The Morgan fingerprint density at radius 2 is 2.05 bits per heavy atom. The van der Waals surface area contributed by atoms with Gasteiger partial charge in [0.25, 0.3) is 0 Å². The number of benzene rings is 1. The molecule has 0 spiro atoms. The van der Waals surface area contributed by atoms with Crippen LogP contribution in [0.4, 0.5) is 20.2 Å². The number of nitrogens with one attached hydrogen (secondary N) is 1. The molecule has 0 saturated carbocycles. The molecule has 2 rings (SSSR count). The Kier molecular flexibility index (Phi) is 4.95. The van der Waals surface area contributed by atoms with Crippen molar-refractivity contribution in [1.82, 2.24) is 0 Å². The molecule has 1 atom stereocenters. The quantitative estimate of drug-likeness (QED) is 0.670. The minimum Gasteiger partial charge on any atom is -0.464 e. The number of hydrogen-bond donors (Lipinski definition) is 1. The van der Waals surface area contributed by atoms with Crippen LogP contribution >= 0.6 is 0 Å². The minimum atomic E-state index is -1.08. The van der Waals surface area contributed by atoms with Gasteiger partial charge < -0.3 is 10.1 Å². The van der Waals surface area contributed by atoms with Gasteiger partial charge in [-0.3, -0.25) is 14.5 Å². The van der Waals surface area contributed by atoms with Gasteiger partial charge in [0.15, 0.2) is 11.6 Å². The van der Waals surface area contributed by atoms with Gasteiger partial charge in [0.1, 0.15) is 12.6 Å². The monoisotopic (exact) mass is 312 g/mol. The summed E-state index contributed by atoms with van der Waals surface area (Å²) in [5, 5.41) is 2.78. The summed E-state index contributed by atoms with van der Waals surface area (Å²) in [7, 11) is 0. The van der Waals surface area contributed by atoms with E-state index >= 15 is 0 Å². The summed E-state index contributed by atoms with van der Waals surface area (Å²) in [6.45, 7) is 3.49. The van der Waals surface area contributed by atoms with Gasteiger partial charge in [-0.2, -0.15) is 0 Å². The number of rotatable bonds is 5. The van der Waals surface area contributed by atoms with Gasteiger partial charge in [-0.15, -0.1) is 0 Å². The lowest BCUT2D eigenvalue weighted by Gasteiger charge is -2.33. The van der Waals surface area contributed by atoms with E-state index in [1.165, 1.54) is 0 Å². The number of anilines is 2. The first-order valence-corrected chi connectivity index (χ1v) is 7.16. The third-order valence-corrected chi connectivity index (χ3v) is 3.39. The Bertz CT molecular complexity index is 592. The Morgan fingerprint density at radius 3 is 2.73 bits per heavy atom. The number of carbonyl (C=O) groups is 2. The highest BCUT2D eigenvalue weighted by Gasteiger charge is 2.32. The molecule has 7 heteroatoms. The average molecular weight is 312 g/mol. The van der Waals surface area contributed by atoms with Crippen molar-refractivity contribution in [2.45, 2.75) is 32.7 Å². The van der Waals surface area contributed by atoms with E-state index in [-0.39, 0.29) is 24.5 Å². The van der Waals surface area contributed by atoms with Crippen LogP contribution in [0.15, 0.2) is 12.1 Å². The predicted molar refractivity (Wildman–Crippen MR) is 77.7 cm³/mol. The largest absolute Gasteiger partial charge is 0.464 e. The first kappa shape index (κ1) is 16.2. The molecular formula is C15H18F2N2O3. The van der Waals surface area contributed by atoms with Crippen molar-refractivity contribution >= 4 is 23.3 Å². The van der Waals surface area contributed by atoms with Gasteiger partial charge in [-0.25, -0.2) is 8.78 Å². The highest BCUT2D eigenvalue weighted by atomic mass is 19.2. The zero-order chi connectivity index (χ0) is 16.3. The van der Waals surface area contributed by atoms with Crippen molar-refractivity contribution in [3.05, 3.63) is 23.8 Å². The van der Waals surface area contributed by atoms with Crippen LogP contribution in [0.5, 0.6) is 0 Å². The second kappa shape index (κ2) is 6.72. The van der Waals surface area contributed by atoms with Crippen LogP contribution in [0.3, 0.4) is 0 Å². The number of halogens is 2. The van der Waals surface area contributed by atoms with E-state index in [9.17, 15) is 18.4 Å². The maximum atomic E-state index is 13.4. The number of nitrogens with zero attached hydrogens (tertiary/aromatic N) is 1. The standard InChI is InChI=1S/C15H18F2N2O3/c1-3-4-5-22-14(20)8-19-13-7-11(17)10(16)6-12(13)18-9(2)15(19)21/h6-7,9,18H,3-5,8H2,1-2H3. The molecule has 0 bridgehead atoms. The van der Waals surface area contributed by atoms with Gasteiger partial charge in [0.2, 0.25) is 5.91 Å². The first-order valence-electron chi connectivity index (χ1n) is 7.16. The Morgan fingerprint density at radius 1 is 1.36 bits per heavy atom. The average Bonchev–Trinajstić information content (AvgIpc) is 2.47. The molecule has 1 unspecified atom stereocenters. The summed E-state index contributed by atoms with van der Waals surface area (Å²) < 4.78 is 31.8. The summed E-state index contributed by atoms with van der Waals surface area (Å²) >= 11 is 0. The van der Waals surface area contributed by atoms with E-state index in [2.05, 4.69) is 5.32 Å². The van der Waals surface area contributed by atoms with Gasteiger partial charge >= 0.3 is 5.97 Å². The fraction of sp³-hybridized carbons (Fsp3) is 0.467. The molecule has 1 aliphatic heterocycles. The van der Waals surface area contributed by atoms with Crippen molar-refractivity contribution in [1.29, 1.82) is 0 Å². The second-order valence-corrected chi connectivity index (χ2v) is 5.15. The number of hydrogen-bond acceptors (Lipinski definition) is 4. The van der Waals surface area contributed by atoms with Crippen LogP contribution in [0.25, 0.3) is 0 Å². The molecule has 1 heterocycles. The molecule has 0 radical (unpaired) electrons. The lowest BCUT2D eigenvalue weighted by Crippen LogP contribution is -2.48. The Labute approximate surface area is 127 Å². The topological polar surface area (TPSA) is 58.6 Å². The SMILES string of the molecule is CCCCOC(=O)CN1C(=O)C(C)Nc2cc(F)c(F)cc21. The van der Waals surface area contributed by atoms with Gasteiger partial charge in [0.05, 0.1) is 18.0 Å². The normalized spacial score (nSPS) is 17.0. The van der Waals surface area contributed by atoms with Crippen LogP contribution in [-0.2, 0) is 14.3 Å². The fourth-order valence-electron chi connectivity index (χ4n) is 2.19. The number of fused-ring (bicyclic) bond motifs is 1. The summed E-state index contributed by atoms with van der Waals surface area (Å²) in [6, 6.07) is 1.24. The van der Waals surface area contributed by atoms with Crippen LogP contribution in [0.1, 0.15) is 26.7 Å². The zero-order valence-corrected chi connectivity index (χ0v) is 12.5. The number of carbonyl (C=O) groups excluding carboxylic acids is 2. The number of esters is 1. The Hall–Kier alpha value is -2.18. The molecule has 1 amide bonds. The second-order valence-electron chi connectivity index (χ2n) is 5.15. The number of amides is 1. The lowest BCUT2D eigenvalue weighted by atomic mass is 10.1. The summed E-state index contributed by atoms with van der Waals surface area (Å²) in [6.07, 6.45) is 1.61. The first-order chi connectivity index (χ1) is 10.4. The zero-order valence-electron chi connectivity index (χ0n) is 12.5. The van der Waals surface area contributed by atoms with Crippen molar-refractivity contribution in [2.24, 2.45) is 0 Å². The van der Waals surface area contributed by atoms with E-state index in [1.54, 1.807) is 6.92 Å². The number of ether oxygens (including phenoxy) is 1. The third-order valence-electron chi connectivity index (χ3n) is 3.39. The molecule has 0 fully saturated rings. The predicted octanol–water partition coefficient (Wildman–Crippen LogP) is 2.46. The highest BCUT2D eigenvalue weighted by Crippen LogP contribution is 2.33. The van der Waals surface area contributed by atoms with Crippen LogP contribution in [0, 0.1) is 11.6 Å². The molecule has 5 nitrogen and oxygen atoms in total. The maximum Gasteiger partial charge on any atom is 0.326 e. The van der Waals surface area contributed by atoms with Gasteiger partial charge in [-0.05, 0) is 13.3 Å². The Balaban J connectivity index is 2.21. The van der Waals surface area contributed by atoms with Crippen molar-refractivity contribution in [3.63, 3.8) is 0 Å². The number of unbranched alkanes of at least 4 members (excludes halogenated alkanes) is 1. The van der Waals surface area contributed by atoms with Crippen LogP contribution < -0.4 is 10.2 Å². The van der Waals surface area contributed by atoms with Crippen molar-refractivity contribution < 1.29 is 23.1 Å². The summed E-state index contributed by atoms with van der Waals surface area (Å²) in [5.74, 6) is -3.07. The lowest BCUT2D eigenvalue weighted by molar-refractivity contribution is -0.143. The minimum absolute atomic E-state index is 0.134. The molecule has 0 saturated heterocycles. The molecule has 1 aromatic carbocycles. The van der Waals surface area contributed by atoms with E-state index in [0.717, 1.165) is 29.9 Å². The van der Waals surface area contributed by atoms with E-state index in [0.29, 0.717) is 0 Å². The molecule has 22 heavy (non-hydrogen) atoms. The summed E-state index contributed by atoms with van der Waals surface area (Å²) in [5.41, 5.74) is 0.404. The van der Waals surface area contributed by atoms with Crippen molar-refractivity contribution in [3.8, 4) is 0 Å². The van der Waals surface area contributed by atoms with Gasteiger partial charge in [-0.1, -0.05) is 13.3 Å². The third kappa shape index (κ3) is 3.35. The van der Waals surface area contributed by atoms with E-state index in [4.69, 9.17) is 4.74 Å².